The summed E-state index contributed by atoms with van der Waals surface area (Å²) in [6.45, 7) is 8.91. The number of benzene rings is 2. The zero-order chi connectivity index (χ0) is 22.3. The molecule has 2 aromatic carbocycles. The normalized spacial score (nSPS) is 11.2. The van der Waals surface area contributed by atoms with Gasteiger partial charge in [0.05, 0.1) is 18.7 Å². The number of imidazole rings is 1. The third-order valence-electron chi connectivity index (χ3n) is 5.38. The first-order chi connectivity index (χ1) is 15.7. The average molecular weight is 432 g/mol. The van der Waals surface area contributed by atoms with Crippen LogP contribution in [0, 0.1) is 13.8 Å². The minimum atomic E-state index is 0.424. The monoisotopic (exact) mass is 431 g/mol. The van der Waals surface area contributed by atoms with E-state index >= 15 is 0 Å². The molecule has 6 nitrogen and oxygen atoms in total. The van der Waals surface area contributed by atoms with E-state index in [0.29, 0.717) is 38.9 Å². The lowest BCUT2D eigenvalue weighted by Gasteiger charge is -2.13. The van der Waals surface area contributed by atoms with E-state index in [1.165, 1.54) is 0 Å². The molecule has 0 N–H and O–H groups in total. The third-order valence-corrected chi connectivity index (χ3v) is 5.38. The number of hydrogen-bond acceptors (Lipinski definition) is 5. The second-order valence-corrected chi connectivity index (χ2v) is 7.59. The number of hydrogen-bond donors (Lipinski definition) is 0. The van der Waals surface area contributed by atoms with Crippen molar-refractivity contribution in [2.45, 2.75) is 40.5 Å². The van der Waals surface area contributed by atoms with Crippen LogP contribution in [0.15, 0.2) is 60.7 Å². The lowest BCUT2D eigenvalue weighted by atomic mass is 10.2. The molecule has 0 aliphatic heterocycles. The largest absolute Gasteiger partial charge is 0.437 e. The lowest BCUT2D eigenvalue weighted by Crippen LogP contribution is -2.11. The number of aryl methyl sites for hydroxylation is 2. The Hall–Kier alpha value is -3.22. The Morgan fingerprint density at radius 3 is 2.28 bits per heavy atom. The van der Waals surface area contributed by atoms with Crippen LogP contribution >= 0.6 is 0 Å². The molecule has 2 aromatic heterocycles. The fraction of sp³-hybridized carbons (Fsp3) is 0.308. The van der Waals surface area contributed by atoms with Crippen LogP contribution in [-0.4, -0.2) is 27.7 Å². The first-order valence-electron chi connectivity index (χ1n) is 11.0. The summed E-state index contributed by atoms with van der Waals surface area (Å²) in [5.41, 5.74) is 4.92. The Kier molecular flexibility index (Phi) is 7.14. The predicted octanol–water partition coefficient (Wildman–Crippen LogP) is 5.59. The van der Waals surface area contributed by atoms with Crippen molar-refractivity contribution < 1.29 is 14.2 Å². The molecule has 32 heavy (non-hydrogen) atoms. The molecule has 0 radical (unpaired) electrons. The van der Waals surface area contributed by atoms with Gasteiger partial charge in [0.25, 0.3) is 0 Å². The van der Waals surface area contributed by atoms with Crippen LogP contribution in [0.5, 0.6) is 11.6 Å². The minimum Gasteiger partial charge on any atom is -0.437 e. The Labute approximate surface area is 188 Å². The van der Waals surface area contributed by atoms with Gasteiger partial charge in [0.1, 0.15) is 18.2 Å². The van der Waals surface area contributed by atoms with Gasteiger partial charge in [0.15, 0.2) is 5.52 Å². The highest BCUT2D eigenvalue weighted by molar-refractivity contribution is 5.85. The number of ether oxygens (including phenoxy) is 3. The fourth-order valence-corrected chi connectivity index (χ4v) is 3.62. The van der Waals surface area contributed by atoms with E-state index in [0.717, 1.165) is 39.4 Å². The van der Waals surface area contributed by atoms with E-state index in [1.807, 2.05) is 62.4 Å². The van der Waals surface area contributed by atoms with Crippen molar-refractivity contribution in [2.24, 2.45) is 0 Å². The first-order valence-corrected chi connectivity index (χ1v) is 11.0. The van der Waals surface area contributed by atoms with Gasteiger partial charge in [0.2, 0.25) is 5.88 Å². The van der Waals surface area contributed by atoms with Crippen molar-refractivity contribution in [3.05, 3.63) is 83.3 Å². The molecular weight excluding hydrogens is 402 g/mol. The smallest absolute Gasteiger partial charge is 0.247 e. The maximum atomic E-state index is 6.12. The van der Waals surface area contributed by atoms with Gasteiger partial charge < -0.3 is 18.8 Å². The molecule has 0 saturated heterocycles. The van der Waals surface area contributed by atoms with Crippen LogP contribution < -0.4 is 4.74 Å². The molecule has 0 saturated carbocycles. The topological polar surface area (TPSA) is 58.4 Å². The number of fused-ring (bicyclic) bond motifs is 1. The number of aromatic nitrogens is 3. The van der Waals surface area contributed by atoms with E-state index in [1.54, 1.807) is 0 Å². The zero-order valence-electron chi connectivity index (χ0n) is 18.9. The maximum absolute atomic E-state index is 6.12. The molecule has 0 bridgehead atoms. The molecule has 0 aliphatic carbocycles. The van der Waals surface area contributed by atoms with Gasteiger partial charge in [-0.25, -0.2) is 9.97 Å². The average Bonchev–Trinajstić information content (AvgIpc) is 3.19. The summed E-state index contributed by atoms with van der Waals surface area (Å²) < 4.78 is 20.0. The standard InChI is InChI=1S/C26H29N3O3/c1-4-30-18-23-28-24-25(29(23)15-16-31-17-21-11-7-5-8-12-21)19(2)20(3)27-26(24)32-22-13-9-6-10-14-22/h5-14H,4,15-18H2,1-3H3. The number of nitrogens with zero attached hydrogens (tertiary/aromatic N) is 3. The Balaban J connectivity index is 1.64. The summed E-state index contributed by atoms with van der Waals surface area (Å²) in [4.78, 5) is 9.58. The molecule has 166 valence electrons. The highest BCUT2D eigenvalue weighted by atomic mass is 16.5. The summed E-state index contributed by atoms with van der Waals surface area (Å²) in [5, 5.41) is 0. The Bertz CT molecular complexity index is 1160. The van der Waals surface area contributed by atoms with E-state index in [9.17, 15) is 0 Å². The Morgan fingerprint density at radius 2 is 1.56 bits per heavy atom. The predicted molar refractivity (Wildman–Crippen MR) is 125 cm³/mol. The molecule has 0 atom stereocenters. The van der Waals surface area contributed by atoms with E-state index < -0.39 is 0 Å². The van der Waals surface area contributed by atoms with Crippen LogP contribution in [-0.2, 0) is 29.2 Å². The van der Waals surface area contributed by atoms with E-state index in [4.69, 9.17) is 24.2 Å². The van der Waals surface area contributed by atoms with Crippen LogP contribution in [0.2, 0.25) is 0 Å². The van der Waals surface area contributed by atoms with Gasteiger partial charge >= 0.3 is 0 Å². The van der Waals surface area contributed by atoms with Crippen molar-refractivity contribution in [3.8, 4) is 11.6 Å². The molecule has 4 aromatic rings. The second-order valence-electron chi connectivity index (χ2n) is 7.59. The Morgan fingerprint density at radius 1 is 0.844 bits per heavy atom. The number of rotatable bonds is 10. The minimum absolute atomic E-state index is 0.424. The van der Waals surface area contributed by atoms with E-state index in [-0.39, 0.29) is 0 Å². The van der Waals surface area contributed by atoms with Gasteiger partial charge in [0, 0.05) is 18.8 Å². The van der Waals surface area contributed by atoms with Gasteiger partial charge in [-0.3, -0.25) is 0 Å². The lowest BCUT2D eigenvalue weighted by molar-refractivity contribution is 0.105. The van der Waals surface area contributed by atoms with Crippen molar-refractivity contribution in [1.29, 1.82) is 0 Å². The SMILES string of the molecule is CCOCc1nc2c(Oc3ccccc3)nc(C)c(C)c2n1CCOCc1ccccc1. The zero-order valence-corrected chi connectivity index (χ0v) is 18.9. The van der Waals surface area contributed by atoms with Crippen molar-refractivity contribution in [2.75, 3.05) is 13.2 Å². The molecule has 6 heteroatoms. The molecule has 0 unspecified atom stereocenters. The molecule has 0 fully saturated rings. The highest BCUT2D eigenvalue weighted by Gasteiger charge is 2.20. The number of pyridine rings is 1. The third kappa shape index (κ3) is 4.98. The molecule has 2 heterocycles. The first kappa shape index (κ1) is 22.0. The summed E-state index contributed by atoms with van der Waals surface area (Å²) in [6.07, 6.45) is 0. The fourth-order valence-electron chi connectivity index (χ4n) is 3.62. The molecular formula is C26H29N3O3. The van der Waals surface area contributed by atoms with Crippen molar-refractivity contribution in [3.63, 3.8) is 0 Å². The van der Waals surface area contributed by atoms with Crippen LogP contribution in [0.1, 0.15) is 29.6 Å². The quantitative estimate of drug-likeness (QED) is 0.306. The number of para-hydroxylation sites is 1. The van der Waals surface area contributed by atoms with Gasteiger partial charge in [-0.1, -0.05) is 48.5 Å². The van der Waals surface area contributed by atoms with Crippen LogP contribution in [0.4, 0.5) is 0 Å². The van der Waals surface area contributed by atoms with Crippen molar-refractivity contribution >= 4 is 11.0 Å². The molecule has 4 rings (SSSR count). The summed E-state index contributed by atoms with van der Waals surface area (Å²) >= 11 is 0. The second kappa shape index (κ2) is 10.4. The van der Waals surface area contributed by atoms with Crippen LogP contribution in [0.25, 0.3) is 11.0 Å². The molecule has 0 amide bonds. The summed E-state index contributed by atoms with van der Waals surface area (Å²) in [7, 11) is 0. The molecule has 0 aliphatic rings. The van der Waals surface area contributed by atoms with Gasteiger partial charge in [-0.05, 0) is 44.0 Å². The highest BCUT2D eigenvalue weighted by Crippen LogP contribution is 2.32. The van der Waals surface area contributed by atoms with Crippen LogP contribution in [0.3, 0.4) is 0 Å². The van der Waals surface area contributed by atoms with E-state index in [2.05, 4.69) is 23.6 Å². The summed E-state index contributed by atoms with van der Waals surface area (Å²) in [5.74, 6) is 2.09. The van der Waals surface area contributed by atoms with Gasteiger partial charge in [-0.15, -0.1) is 0 Å². The molecule has 0 spiro atoms. The van der Waals surface area contributed by atoms with Gasteiger partial charge in [-0.2, -0.15) is 0 Å². The summed E-state index contributed by atoms with van der Waals surface area (Å²) in [6, 6.07) is 19.9. The van der Waals surface area contributed by atoms with Crippen molar-refractivity contribution in [1.82, 2.24) is 14.5 Å². The maximum Gasteiger partial charge on any atom is 0.247 e.